The molecule has 4 rings (SSSR count). The van der Waals surface area contributed by atoms with Crippen molar-refractivity contribution in [1.82, 2.24) is 9.88 Å². The molecule has 1 saturated heterocycles. The number of aromatic nitrogens is 1. The topological polar surface area (TPSA) is 72.0 Å². The number of hydrogen-bond donors (Lipinski definition) is 0. The minimum absolute atomic E-state index is 0.0946. The molecule has 33 heavy (non-hydrogen) atoms. The number of methoxy groups -OCH3 is 2. The van der Waals surface area contributed by atoms with Gasteiger partial charge in [0.05, 0.1) is 14.2 Å². The second kappa shape index (κ2) is 10.2. The van der Waals surface area contributed by atoms with Crippen LogP contribution in [0.4, 0.5) is 5.69 Å². The smallest absolute Gasteiger partial charge is 0.254 e. The minimum Gasteiger partial charge on any atom is -0.493 e. The molecule has 1 fully saturated rings. The van der Waals surface area contributed by atoms with Crippen LogP contribution in [-0.4, -0.2) is 42.5 Å². The average Bonchev–Trinajstić information content (AvgIpc) is 3.29. The van der Waals surface area contributed by atoms with Crippen LogP contribution in [0.2, 0.25) is 0 Å². The molecule has 2 heterocycles. The van der Waals surface area contributed by atoms with Gasteiger partial charge in [-0.1, -0.05) is 18.2 Å². The quantitative estimate of drug-likeness (QED) is 0.523. The van der Waals surface area contributed by atoms with Crippen LogP contribution in [-0.2, 0) is 17.9 Å². The molecule has 7 heteroatoms. The van der Waals surface area contributed by atoms with Crippen LogP contribution in [0.5, 0.6) is 11.5 Å². The molecule has 0 radical (unpaired) electrons. The summed E-state index contributed by atoms with van der Waals surface area (Å²) in [6.07, 6.45) is 4.85. The lowest BCUT2D eigenvalue weighted by Gasteiger charge is -2.24. The first-order valence-electron chi connectivity index (χ1n) is 10.9. The van der Waals surface area contributed by atoms with Gasteiger partial charge in [-0.25, -0.2) is 0 Å². The first-order valence-corrected chi connectivity index (χ1v) is 10.9. The van der Waals surface area contributed by atoms with Crippen LogP contribution < -0.4 is 14.4 Å². The Kier molecular flexibility index (Phi) is 6.88. The van der Waals surface area contributed by atoms with Crippen molar-refractivity contribution in [1.29, 1.82) is 0 Å². The lowest BCUT2D eigenvalue weighted by atomic mass is 10.1. The Hall–Kier alpha value is -3.87. The lowest BCUT2D eigenvalue weighted by Crippen LogP contribution is -2.30. The largest absolute Gasteiger partial charge is 0.493 e. The van der Waals surface area contributed by atoms with Gasteiger partial charge in [0.1, 0.15) is 0 Å². The summed E-state index contributed by atoms with van der Waals surface area (Å²) in [6, 6.07) is 16.7. The van der Waals surface area contributed by atoms with E-state index in [1.165, 1.54) is 0 Å². The van der Waals surface area contributed by atoms with E-state index in [1.54, 1.807) is 48.5 Å². The number of ether oxygens (including phenoxy) is 2. The SMILES string of the molecule is COc1ccc(CN(Cc2cccnc2)C(=O)c2cccc(N3CCCC3=O)c2)cc1OC. The first-order chi connectivity index (χ1) is 16.1. The Labute approximate surface area is 193 Å². The predicted molar refractivity (Wildman–Crippen MR) is 125 cm³/mol. The summed E-state index contributed by atoms with van der Waals surface area (Å²) in [6.45, 7) is 1.45. The molecular weight excluding hydrogens is 418 g/mol. The molecule has 3 aromatic rings. The number of nitrogens with zero attached hydrogens (tertiary/aromatic N) is 3. The molecule has 170 valence electrons. The Morgan fingerprint density at radius 3 is 2.52 bits per heavy atom. The van der Waals surface area contributed by atoms with Crippen LogP contribution >= 0.6 is 0 Å². The first kappa shape index (κ1) is 22.3. The summed E-state index contributed by atoms with van der Waals surface area (Å²) < 4.78 is 10.8. The number of hydrogen-bond acceptors (Lipinski definition) is 5. The van der Waals surface area contributed by atoms with Crippen molar-refractivity contribution in [3.05, 3.63) is 83.7 Å². The Bertz CT molecular complexity index is 1130. The third-order valence-corrected chi connectivity index (χ3v) is 5.68. The van der Waals surface area contributed by atoms with Crippen molar-refractivity contribution in [3.8, 4) is 11.5 Å². The third-order valence-electron chi connectivity index (χ3n) is 5.68. The monoisotopic (exact) mass is 445 g/mol. The maximum atomic E-state index is 13.6. The third kappa shape index (κ3) is 5.14. The van der Waals surface area contributed by atoms with Crippen molar-refractivity contribution in [3.63, 3.8) is 0 Å². The minimum atomic E-state index is -0.123. The summed E-state index contributed by atoms with van der Waals surface area (Å²) in [5.41, 5.74) is 3.14. The van der Waals surface area contributed by atoms with Crippen LogP contribution in [0.1, 0.15) is 34.3 Å². The van der Waals surface area contributed by atoms with E-state index in [1.807, 2.05) is 42.5 Å². The highest BCUT2D eigenvalue weighted by Gasteiger charge is 2.24. The summed E-state index contributed by atoms with van der Waals surface area (Å²) in [4.78, 5) is 33.5. The number of carbonyl (C=O) groups excluding carboxylic acids is 2. The molecule has 1 aliphatic rings. The van der Waals surface area contributed by atoms with Gasteiger partial charge in [0.25, 0.3) is 5.91 Å². The zero-order valence-corrected chi connectivity index (χ0v) is 18.9. The Balaban J connectivity index is 1.63. The van der Waals surface area contributed by atoms with Crippen molar-refractivity contribution >= 4 is 17.5 Å². The van der Waals surface area contributed by atoms with Gasteiger partial charge in [0.15, 0.2) is 11.5 Å². The van der Waals surface area contributed by atoms with Gasteiger partial charge in [-0.05, 0) is 53.9 Å². The molecule has 0 saturated carbocycles. The fourth-order valence-electron chi connectivity index (χ4n) is 4.02. The summed E-state index contributed by atoms with van der Waals surface area (Å²) in [5, 5.41) is 0. The van der Waals surface area contributed by atoms with Crippen LogP contribution in [0, 0.1) is 0 Å². The van der Waals surface area contributed by atoms with Gasteiger partial charge in [0, 0.05) is 49.7 Å². The number of pyridine rings is 1. The molecular formula is C26H27N3O4. The van der Waals surface area contributed by atoms with E-state index in [0.717, 1.165) is 23.2 Å². The number of benzene rings is 2. The zero-order valence-electron chi connectivity index (χ0n) is 18.9. The van der Waals surface area contributed by atoms with Crippen LogP contribution in [0.25, 0.3) is 0 Å². The average molecular weight is 446 g/mol. The highest BCUT2D eigenvalue weighted by Crippen LogP contribution is 2.29. The van der Waals surface area contributed by atoms with E-state index >= 15 is 0 Å². The van der Waals surface area contributed by atoms with Gasteiger partial charge in [-0.15, -0.1) is 0 Å². The van der Waals surface area contributed by atoms with Crippen molar-refractivity contribution in [2.24, 2.45) is 0 Å². The highest BCUT2D eigenvalue weighted by molar-refractivity contribution is 5.99. The molecule has 0 aliphatic carbocycles. The van der Waals surface area contributed by atoms with Crippen molar-refractivity contribution in [2.45, 2.75) is 25.9 Å². The second-order valence-electron chi connectivity index (χ2n) is 7.91. The fourth-order valence-corrected chi connectivity index (χ4v) is 4.02. The standard InChI is InChI=1S/C26H27N3O4/c1-32-23-11-10-19(14-24(23)33-2)17-28(18-20-6-4-12-27-16-20)26(31)21-7-3-8-22(15-21)29-13-5-9-25(29)30/h3-4,6-8,10-12,14-16H,5,9,13,17-18H2,1-2H3. The van der Waals surface area contributed by atoms with Gasteiger partial charge in [0.2, 0.25) is 5.91 Å². The number of anilines is 1. The maximum absolute atomic E-state index is 13.6. The van der Waals surface area contributed by atoms with E-state index in [2.05, 4.69) is 4.98 Å². The highest BCUT2D eigenvalue weighted by atomic mass is 16.5. The number of rotatable bonds is 8. The van der Waals surface area contributed by atoms with E-state index < -0.39 is 0 Å². The molecule has 1 aromatic heterocycles. The molecule has 0 spiro atoms. The summed E-state index contributed by atoms with van der Waals surface area (Å²) >= 11 is 0. The van der Waals surface area contributed by atoms with Gasteiger partial charge >= 0.3 is 0 Å². The van der Waals surface area contributed by atoms with E-state index in [9.17, 15) is 9.59 Å². The molecule has 0 atom stereocenters. The van der Waals surface area contributed by atoms with E-state index in [0.29, 0.717) is 43.1 Å². The summed E-state index contributed by atoms with van der Waals surface area (Å²) in [5.74, 6) is 1.21. The Morgan fingerprint density at radius 2 is 1.82 bits per heavy atom. The molecule has 0 N–H and O–H groups in total. The normalized spacial score (nSPS) is 13.2. The molecule has 1 aliphatic heterocycles. The maximum Gasteiger partial charge on any atom is 0.254 e. The molecule has 2 amide bonds. The predicted octanol–water partition coefficient (Wildman–Crippen LogP) is 4.07. The van der Waals surface area contributed by atoms with Gasteiger partial charge in [-0.2, -0.15) is 0 Å². The lowest BCUT2D eigenvalue weighted by molar-refractivity contribution is -0.117. The molecule has 0 unspecified atom stereocenters. The van der Waals surface area contributed by atoms with E-state index in [-0.39, 0.29) is 11.8 Å². The van der Waals surface area contributed by atoms with Crippen molar-refractivity contribution in [2.75, 3.05) is 25.7 Å². The second-order valence-corrected chi connectivity index (χ2v) is 7.91. The van der Waals surface area contributed by atoms with Crippen molar-refractivity contribution < 1.29 is 19.1 Å². The molecule has 2 aromatic carbocycles. The van der Waals surface area contributed by atoms with E-state index in [4.69, 9.17) is 9.47 Å². The molecule has 7 nitrogen and oxygen atoms in total. The number of amides is 2. The summed E-state index contributed by atoms with van der Waals surface area (Å²) in [7, 11) is 3.18. The van der Waals surface area contributed by atoms with Crippen LogP contribution in [0.3, 0.4) is 0 Å². The van der Waals surface area contributed by atoms with Crippen LogP contribution in [0.15, 0.2) is 67.0 Å². The fraction of sp³-hybridized carbons (Fsp3) is 0.269. The molecule has 0 bridgehead atoms. The zero-order chi connectivity index (χ0) is 23.2. The van der Waals surface area contributed by atoms with Gasteiger partial charge < -0.3 is 19.3 Å². The number of carbonyl (C=O) groups is 2. The van der Waals surface area contributed by atoms with Gasteiger partial charge in [-0.3, -0.25) is 14.6 Å². The Morgan fingerprint density at radius 1 is 1.00 bits per heavy atom.